The molecule has 0 unspecified atom stereocenters. The largest absolute Gasteiger partial charge is 0.0622 e. The van der Waals surface area contributed by atoms with E-state index in [0.717, 1.165) is 0 Å². The summed E-state index contributed by atoms with van der Waals surface area (Å²) in [6.07, 6.45) is 0. The number of hydrogen-bond donors (Lipinski definition) is 0. The minimum Gasteiger partial charge on any atom is -0.0622 e. The van der Waals surface area contributed by atoms with Crippen LogP contribution in [0.5, 0.6) is 0 Å². The van der Waals surface area contributed by atoms with Crippen LogP contribution in [0.15, 0.2) is 170 Å². The Morgan fingerprint density at radius 1 is 0.233 bits per heavy atom. The van der Waals surface area contributed by atoms with E-state index in [4.69, 9.17) is 0 Å². The number of hydrogen-bond acceptors (Lipinski definition) is 0. The molecule has 0 saturated carbocycles. The summed E-state index contributed by atoms with van der Waals surface area (Å²) in [5, 5.41) is 13.2. The van der Waals surface area contributed by atoms with Crippen molar-refractivity contribution in [2.75, 3.05) is 0 Å². The topological polar surface area (TPSA) is 0 Å². The first-order chi connectivity index (χ1) is 29.4. The first-order valence-corrected chi connectivity index (χ1v) is 21.3. The average Bonchev–Trinajstić information content (AvgIpc) is 3.78. The lowest BCUT2D eigenvalue weighted by molar-refractivity contribution is 1.38. The van der Waals surface area contributed by atoms with Gasteiger partial charge in [0.25, 0.3) is 0 Å². The van der Waals surface area contributed by atoms with E-state index in [1.807, 2.05) is 0 Å². The Labute approximate surface area is 350 Å². The van der Waals surface area contributed by atoms with Gasteiger partial charge in [-0.1, -0.05) is 169 Å². The van der Waals surface area contributed by atoms with E-state index in [9.17, 15) is 0 Å². The molecule has 0 aliphatic heterocycles. The minimum absolute atomic E-state index is 1.25. The van der Waals surface area contributed by atoms with Gasteiger partial charge in [-0.3, -0.25) is 0 Å². The van der Waals surface area contributed by atoms with E-state index in [1.165, 1.54) is 154 Å². The lowest BCUT2D eigenvalue weighted by Crippen LogP contribution is -1.93. The predicted octanol–water partition coefficient (Wildman–Crippen LogP) is 17.0. The van der Waals surface area contributed by atoms with Gasteiger partial charge in [-0.25, -0.2) is 0 Å². The van der Waals surface area contributed by atoms with Crippen LogP contribution >= 0.6 is 0 Å². The molecule has 11 aromatic rings. The molecular formula is C60H40. The Bertz CT molecular complexity index is 3620. The highest BCUT2D eigenvalue weighted by molar-refractivity contribution is 6.32. The molecule has 60 heavy (non-hydrogen) atoms. The Morgan fingerprint density at radius 2 is 0.833 bits per heavy atom. The van der Waals surface area contributed by atoms with Crippen LogP contribution in [-0.4, -0.2) is 0 Å². The van der Waals surface area contributed by atoms with Crippen LogP contribution in [0, 0.1) is 27.7 Å². The molecule has 0 atom stereocenters. The third-order valence-corrected chi connectivity index (χ3v) is 13.8. The van der Waals surface area contributed by atoms with Crippen LogP contribution < -0.4 is 0 Å². The van der Waals surface area contributed by atoms with Gasteiger partial charge >= 0.3 is 0 Å². The van der Waals surface area contributed by atoms with Crippen molar-refractivity contribution in [1.82, 2.24) is 0 Å². The van der Waals surface area contributed by atoms with Gasteiger partial charge in [0.05, 0.1) is 0 Å². The fourth-order valence-electron chi connectivity index (χ4n) is 11.5. The van der Waals surface area contributed by atoms with Gasteiger partial charge in [-0.05, 0) is 183 Å². The number of aryl methyl sites for hydroxylation is 4. The zero-order valence-electron chi connectivity index (χ0n) is 34.2. The Kier molecular flexibility index (Phi) is 6.81. The highest BCUT2D eigenvalue weighted by Gasteiger charge is 2.32. The first kappa shape index (κ1) is 33.7. The van der Waals surface area contributed by atoms with Crippen molar-refractivity contribution in [2.24, 2.45) is 0 Å². The second-order valence-electron chi connectivity index (χ2n) is 17.3. The molecule has 0 spiro atoms. The maximum absolute atomic E-state index is 2.53. The highest BCUT2D eigenvalue weighted by Crippen LogP contribution is 2.59. The van der Waals surface area contributed by atoms with Gasteiger partial charge in [0, 0.05) is 0 Å². The third kappa shape index (κ3) is 4.40. The summed E-state index contributed by atoms with van der Waals surface area (Å²) in [6, 6.07) is 64.6. The molecule has 2 aliphatic rings. The second kappa shape index (κ2) is 12.1. The van der Waals surface area contributed by atoms with Crippen molar-refractivity contribution in [2.45, 2.75) is 27.7 Å². The second-order valence-corrected chi connectivity index (χ2v) is 17.3. The molecule has 0 radical (unpaired) electrons. The summed E-state index contributed by atoms with van der Waals surface area (Å²) in [4.78, 5) is 0. The van der Waals surface area contributed by atoms with E-state index in [2.05, 4.69) is 198 Å². The first-order valence-electron chi connectivity index (χ1n) is 21.3. The minimum atomic E-state index is 1.25. The van der Waals surface area contributed by atoms with Crippen molar-refractivity contribution in [3.8, 4) is 77.9 Å². The van der Waals surface area contributed by atoms with Crippen LogP contribution in [0.2, 0.25) is 0 Å². The molecule has 0 heteroatoms. The molecular weight excluding hydrogens is 721 g/mol. The molecule has 0 heterocycles. The maximum Gasteiger partial charge on any atom is -0.000741 e. The predicted molar refractivity (Wildman–Crippen MR) is 258 cm³/mol. The third-order valence-electron chi connectivity index (χ3n) is 13.8. The summed E-state index contributed by atoms with van der Waals surface area (Å²) in [6.45, 7) is 9.03. The monoisotopic (exact) mass is 760 g/mol. The number of fused-ring (bicyclic) bond motifs is 11. The summed E-state index contributed by atoms with van der Waals surface area (Å²) in [5.41, 5.74) is 23.8. The molecule has 0 N–H and O–H groups in total. The Balaban J connectivity index is 1.15. The Hall–Kier alpha value is -7.28. The molecule has 0 nitrogen and oxygen atoms in total. The summed E-state index contributed by atoms with van der Waals surface area (Å²) in [7, 11) is 0. The molecule has 280 valence electrons. The summed E-state index contributed by atoms with van der Waals surface area (Å²) < 4.78 is 0. The lowest BCUT2D eigenvalue weighted by Gasteiger charge is -2.20. The van der Waals surface area contributed by atoms with Gasteiger partial charge in [0.2, 0.25) is 0 Å². The van der Waals surface area contributed by atoms with Gasteiger partial charge < -0.3 is 0 Å². The van der Waals surface area contributed by atoms with Gasteiger partial charge in [0.15, 0.2) is 0 Å². The number of benzene rings is 11. The average molecular weight is 761 g/mol. The van der Waals surface area contributed by atoms with Crippen LogP contribution in [-0.2, 0) is 0 Å². The molecule has 0 saturated heterocycles. The zero-order valence-corrected chi connectivity index (χ0v) is 34.2. The molecule has 0 fully saturated rings. The van der Waals surface area contributed by atoms with Crippen LogP contribution in [0.25, 0.3) is 132 Å². The summed E-state index contributed by atoms with van der Waals surface area (Å²) in [5.74, 6) is 0. The lowest BCUT2D eigenvalue weighted by atomic mass is 9.82. The fourth-order valence-corrected chi connectivity index (χ4v) is 11.5. The maximum atomic E-state index is 2.53. The van der Waals surface area contributed by atoms with Crippen molar-refractivity contribution in [1.29, 1.82) is 0 Å². The molecule has 0 aromatic heterocycles. The quantitative estimate of drug-likeness (QED) is 0.157. The van der Waals surface area contributed by atoms with E-state index < -0.39 is 0 Å². The van der Waals surface area contributed by atoms with Crippen LogP contribution in [0.4, 0.5) is 0 Å². The van der Waals surface area contributed by atoms with Gasteiger partial charge in [0.1, 0.15) is 0 Å². The highest BCUT2D eigenvalue weighted by atomic mass is 14.3. The number of rotatable bonds is 3. The zero-order chi connectivity index (χ0) is 40.0. The van der Waals surface area contributed by atoms with Crippen LogP contribution in [0.1, 0.15) is 22.3 Å². The molecule has 13 rings (SSSR count). The standard InChI is InChI=1S/C60H40/c1-33-22-24-40-47(29-33)48(31-50-44-25-23-35(3)54-53-36(4)28-34(2)30-51(53)52(58(44)54)32-49(40)50)39-26-27-46-57-41(39)20-13-21-45(57)59-55(37-14-7-5-8-15-37)42-18-11-12-19-43(42)56(60(46)59)38-16-9-6-10-17-38/h5-32H,1-4H3. The van der Waals surface area contributed by atoms with Crippen molar-refractivity contribution < 1.29 is 0 Å². The van der Waals surface area contributed by atoms with E-state index >= 15 is 0 Å². The molecule has 0 bridgehead atoms. The van der Waals surface area contributed by atoms with Crippen molar-refractivity contribution in [3.05, 3.63) is 192 Å². The van der Waals surface area contributed by atoms with E-state index in [0.29, 0.717) is 0 Å². The van der Waals surface area contributed by atoms with Crippen LogP contribution in [0.3, 0.4) is 0 Å². The SMILES string of the molecule is Cc1cc(C)c2c(c1)-c1cc3c4ccc(C)cc4c(-c4ccc5c6c(cccc46)-c4c-5c(-c5ccccc5)c5ccccc5c4-c4ccccc4)cc3c3ccc(C)c-2c13. The smallest absolute Gasteiger partial charge is 0.000741 e. The van der Waals surface area contributed by atoms with E-state index in [1.54, 1.807) is 0 Å². The molecule has 2 aliphatic carbocycles. The Morgan fingerprint density at radius 3 is 1.55 bits per heavy atom. The van der Waals surface area contributed by atoms with Crippen molar-refractivity contribution >= 4 is 53.9 Å². The van der Waals surface area contributed by atoms with E-state index in [-0.39, 0.29) is 0 Å². The van der Waals surface area contributed by atoms with Crippen molar-refractivity contribution in [3.63, 3.8) is 0 Å². The molecule has 11 aromatic carbocycles. The normalized spacial score (nSPS) is 12.3. The fraction of sp³-hybridized carbons (Fsp3) is 0.0667. The summed E-state index contributed by atoms with van der Waals surface area (Å²) >= 11 is 0. The molecule has 0 amide bonds. The van der Waals surface area contributed by atoms with Gasteiger partial charge in [-0.15, -0.1) is 0 Å². The van der Waals surface area contributed by atoms with Gasteiger partial charge in [-0.2, -0.15) is 0 Å².